The van der Waals surface area contributed by atoms with Gasteiger partial charge in [-0.15, -0.1) is 0 Å². The first-order valence-electron chi connectivity index (χ1n) is 7.90. The fourth-order valence-electron chi connectivity index (χ4n) is 3.16. The highest BCUT2D eigenvalue weighted by Crippen LogP contribution is 2.36. The zero-order valence-electron chi connectivity index (χ0n) is 13.5. The van der Waals surface area contributed by atoms with Crippen LogP contribution < -0.4 is 0 Å². The standard InChI is InChI=1S/C16H28O6/c1-9-4-6-10(7-5-9)16(2,3)22-15-14(20)13(19)12(18)11(8-17)21-15/h4,10-15,17-20H,5-8H2,1-3H3. The molecule has 6 unspecified atom stereocenters. The molecule has 2 rings (SSSR count). The Morgan fingerprint density at radius 3 is 2.45 bits per heavy atom. The molecule has 22 heavy (non-hydrogen) atoms. The van der Waals surface area contributed by atoms with Crippen LogP contribution in [0.1, 0.15) is 40.0 Å². The van der Waals surface area contributed by atoms with E-state index in [4.69, 9.17) is 9.47 Å². The van der Waals surface area contributed by atoms with Crippen LogP contribution in [0.2, 0.25) is 0 Å². The van der Waals surface area contributed by atoms with Crippen molar-refractivity contribution in [1.29, 1.82) is 0 Å². The molecule has 6 heteroatoms. The van der Waals surface area contributed by atoms with Gasteiger partial charge in [-0.1, -0.05) is 11.6 Å². The Labute approximate surface area is 131 Å². The Bertz CT molecular complexity index is 405. The second kappa shape index (κ2) is 6.95. The molecule has 0 saturated carbocycles. The molecule has 1 heterocycles. The van der Waals surface area contributed by atoms with Crippen molar-refractivity contribution in [3.05, 3.63) is 11.6 Å². The van der Waals surface area contributed by atoms with Crippen LogP contribution in [0.3, 0.4) is 0 Å². The molecular weight excluding hydrogens is 288 g/mol. The van der Waals surface area contributed by atoms with Gasteiger partial charge in [0.1, 0.15) is 24.4 Å². The van der Waals surface area contributed by atoms with Gasteiger partial charge in [0, 0.05) is 0 Å². The molecular formula is C16H28O6. The first-order valence-corrected chi connectivity index (χ1v) is 7.90. The van der Waals surface area contributed by atoms with Gasteiger partial charge in [0.2, 0.25) is 0 Å². The quantitative estimate of drug-likeness (QED) is 0.558. The number of hydrogen-bond donors (Lipinski definition) is 4. The smallest absolute Gasteiger partial charge is 0.187 e. The Kier molecular flexibility index (Phi) is 5.63. The van der Waals surface area contributed by atoms with E-state index in [0.29, 0.717) is 0 Å². The van der Waals surface area contributed by atoms with E-state index in [9.17, 15) is 20.4 Å². The van der Waals surface area contributed by atoms with Gasteiger partial charge in [0.15, 0.2) is 6.29 Å². The van der Waals surface area contributed by atoms with E-state index in [1.165, 1.54) is 5.57 Å². The summed E-state index contributed by atoms with van der Waals surface area (Å²) >= 11 is 0. The third-order valence-corrected chi connectivity index (χ3v) is 4.89. The Morgan fingerprint density at radius 1 is 1.23 bits per heavy atom. The summed E-state index contributed by atoms with van der Waals surface area (Å²) in [5.41, 5.74) is 0.824. The molecule has 6 atom stereocenters. The highest BCUT2D eigenvalue weighted by atomic mass is 16.7. The van der Waals surface area contributed by atoms with E-state index >= 15 is 0 Å². The summed E-state index contributed by atoms with van der Waals surface area (Å²) < 4.78 is 11.4. The van der Waals surface area contributed by atoms with Crippen molar-refractivity contribution in [1.82, 2.24) is 0 Å². The van der Waals surface area contributed by atoms with Crippen LogP contribution in [0.15, 0.2) is 11.6 Å². The number of ether oxygens (including phenoxy) is 2. The van der Waals surface area contributed by atoms with Gasteiger partial charge in [-0.25, -0.2) is 0 Å². The number of hydrogen-bond acceptors (Lipinski definition) is 6. The first kappa shape index (κ1) is 17.8. The van der Waals surface area contributed by atoms with Crippen LogP contribution in [-0.4, -0.2) is 63.3 Å². The molecule has 0 bridgehead atoms. The van der Waals surface area contributed by atoms with E-state index in [1.54, 1.807) is 0 Å². The van der Waals surface area contributed by atoms with Gasteiger partial charge in [-0.05, 0) is 46.0 Å². The van der Waals surface area contributed by atoms with E-state index in [1.807, 2.05) is 13.8 Å². The molecule has 1 saturated heterocycles. The fraction of sp³-hybridized carbons (Fsp3) is 0.875. The Hall–Kier alpha value is -0.500. The van der Waals surface area contributed by atoms with Crippen molar-refractivity contribution in [2.24, 2.45) is 5.92 Å². The minimum Gasteiger partial charge on any atom is -0.394 e. The summed E-state index contributed by atoms with van der Waals surface area (Å²) in [5.74, 6) is 0.281. The minimum absolute atomic E-state index is 0.281. The molecule has 0 aromatic carbocycles. The zero-order valence-corrected chi connectivity index (χ0v) is 13.5. The van der Waals surface area contributed by atoms with E-state index < -0.39 is 42.9 Å². The van der Waals surface area contributed by atoms with Crippen molar-refractivity contribution < 1.29 is 29.9 Å². The van der Waals surface area contributed by atoms with Gasteiger partial charge in [-0.2, -0.15) is 0 Å². The van der Waals surface area contributed by atoms with Gasteiger partial charge in [0.05, 0.1) is 12.2 Å². The Morgan fingerprint density at radius 2 is 1.91 bits per heavy atom. The number of aliphatic hydroxyl groups excluding tert-OH is 4. The lowest BCUT2D eigenvalue weighted by molar-refractivity contribution is -0.328. The molecule has 1 fully saturated rings. The van der Waals surface area contributed by atoms with Gasteiger partial charge >= 0.3 is 0 Å². The second-order valence-electron chi connectivity index (χ2n) is 6.94. The predicted molar refractivity (Wildman–Crippen MR) is 80.0 cm³/mol. The molecule has 2 aliphatic rings. The van der Waals surface area contributed by atoms with Crippen LogP contribution in [0.4, 0.5) is 0 Å². The molecule has 0 spiro atoms. The van der Waals surface area contributed by atoms with Crippen molar-refractivity contribution in [2.75, 3.05) is 6.61 Å². The fourth-order valence-corrected chi connectivity index (χ4v) is 3.16. The van der Waals surface area contributed by atoms with Crippen molar-refractivity contribution in [3.63, 3.8) is 0 Å². The third-order valence-electron chi connectivity index (χ3n) is 4.89. The first-order chi connectivity index (χ1) is 10.3. The summed E-state index contributed by atoms with van der Waals surface area (Å²) in [7, 11) is 0. The van der Waals surface area contributed by atoms with E-state index in [-0.39, 0.29) is 5.92 Å². The van der Waals surface area contributed by atoms with Crippen LogP contribution in [0, 0.1) is 5.92 Å². The van der Waals surface area contributed by atoms with Crippen molar-refractivity contribution >= 4 is 0 Å². The highest BCUT2D eigenvalue weighted by molar-refractivity contribution is 5.05. The number of rotatable bonds is 4. The zero-order chi connectivity index (χ0) is 16.5. The van der Waals surface area contributed by atoms with E-state index in [2.05, 4.69) is 13.0 Å². The summed E-state index contributed by atoms with van der Waals surface area (Å²) in [4.78, 5) is 0. The monoisotopic (exact) mass is 316 g/mol. The number of allylic oxidation sites excluding steroid dienone is 2. The van der Waals surface area contributed by atoms with Crippen molar-refractivity contribution in [3.8, 4) is 0 Å². The molecule has 6 nitrogen and oxygen atoms in total. The summed E-state index contributed by atoms with van der Waals surface area (Å²) in [6.07, 6.45) is -1.01. The van der Waals surface area contributed by atoms with Crippen LogP contribution >= 0.6 is 0 Å². The maximum atomic E-state index is 10.1. The van der Waals surface area contributed by atoms with E-state index in [0.717, 1.165) is 19.3 Å². The normalized spacial score (nSPS) is 40.4. The summed E-state index contributed by atoms with van der Waals surface area (Å²) in [6.45, 7) is 5.54. The summed E-state index contributed by atoms with van der Waals surface area (Å²) in [5, 5.41) is 38.9. The second-order valence-corrected chi connectivity index (χ2v) is 6.94. The van der Waals surface area contributed by atoms with Gasteiger partial charge < -0.3 is 29.9 Å². The van der Waals surface area contributed by atoms with Gasteiger partial charge in [-0.3, -0.25) is 0 Å². The average molecular weight is 316 g/mol. The van der Waals surface area contributed by atoms with Crippen LogP contribution in [0.5, 0.6) is 0 Å². The molecule has 1 aliphatic heterocycles. The molecule has 4 N–H and O–H groups in total. The lowest BCUT2D eigenvalue weighted by atomic mass is 9.79. The molecule has 0 aromatic rings. The maximum absolute atomic E-state index is 10.1. The van der Waals surface area contributed by atoms with Crippen molar-refractivity contribution in [2.45, 2.75) is 76.3 Å². The van der Waals surface area contributed by atoms with Crippen LogP contribution in [0.25, 0.3) is 0 Å². The topological polar surface area (TPSA) is 99.4 Å². The lowest BCUT2D eigenvalue weighted by Crippen LogP contribution is -2.60. The molecule has 0 amide bonds. The minimum atomic E-state index is -1.40. The molecule has 0 radical (unpaired) electrons. The predicted octanol–water partition coefficient (Wildman–Crippen LogP) is 0.328. The molecule has 128 valence electrons. The molecule has 0 aromatic heterocycles. The SMILES string of the molecule is CC1=CCC(C(C)(C)OC2OC(CO)C(O)C(O)C2O)CC1. The molecule has 1 aliphatic carbocycles. The summed E-state index contributed by atoms with van der Waals surface area (Å²) in [6, 6.07) is 0. The average Bonchev–Trinajstić information content (AvgIpc) is 2.48. The third kappa shape index (κ3) is 3.69. The Balaban J connectivity index is 2.04. The highest BCUT2D eigenvalue weighted by Gasteiger charge is 2.46. The van der Waals surface area contributed by atoms with Crippen LogP contribution in [-0.2, 0) is 9.47 Å². The number of aliphatic hydroxyl groups is 4. The maximum Gasteiger partial charge on any atom is 0.187 e. The lowest BCUT2D eigenvalue weighted by Gasteiger charge is -2.45. The largest absolute Gasteiger partial charge is 0.394 e. The van der Waals surface area contributed by atoms with Gasteiger partial charge in [0.25, 0.3) is 0 Å².